The van der Waals surface area contributed by atoms with Crippen LogP contribution in [-0.2, 0) is 0 Å². The third-order valence-corrected chi connectivity index (χ3v) is 5.24. The van der Waals surface area contributed by atoms with Crippen molar-refractivity contribution in [2.24, 2.45) is 0 Å². The number of carbonyl (C=O) groups is 1. The minimum atomic E-state index is 0.0412. The highest BCUT2D eigenvalue weighted by Gasteiger charge is 2.41. The highest BCUT2D eigenvalue weighted by molar-refractivity contribution is 5.96. The van der Waals surface area contributed by atoms with Gasteiger partial charge in [-0.2, -0.15) is 0 Å². The minimum Gasteiger partial charge on any atom is -0.336 e. The van der Waals surface area contributed by atoms with Crippen molar-refractivity contribution in [3.63, 3.8) is 0 Å². The van der Waals surface area contributed by atoms with Crippen LogP contribution in [0, 0.1) is 13.8 Å². The zero-order chi connectivity index (χ0) is 18.8. The Kier molecular flexibility index (Phi) is 5.98. The van der Waals surface area contributed by atoms with Gasteiger partial charge in [-0.15, -0.1) is 0 Å². The molecule has 25 heavy (non-hydrogen) atoms. The van der Waals surface area contributed by atoms with E-state index in [-0.39, 0.29) is 23.0 Å². The van der Waals surface area contributed by atoms with Crippen LogP contribution >= 0.6 is 0 Å². The van der Waals surface area contributed by atoms with Gasteiger partial charge in [0.15, 0.2) is 0 Å². The van der Waals surface area contributed by atoms with Crippen LogP contribution in [0.15, 0.2) is 18.2 Å². The summed E-state index contributed by atoms with van der Waals surface area (Å²) in [4.78, 5) is 15.6. The molecule has 3 heteroatoms. The number of benzene rings is 1. The van der Waals surface area contributed by atoms with Crippen LogP contribution < -0.4 is 5.32 Å². The monoisotopic (exact) mass is 344 g/mol. The zero-order valence-electron chi connectivity index (χ0n) is 17.2. The van der Waals surface area contributed by atoms with E-state index in [1.165, 1.54) is 5.56 Å². The van der Waals surface area contributed by atoms with E-state index in [0.29, 0.717) is 0 Å². The van der Waals surface area contributed by atoms with Crippen molar-refractivity contribution in [3.05, 3.63) is 34.9 Å². The SMILES string of the molecule is CCCCN(C(=O)c1ccc(C)cc1C)C1CC(C)(C)NC(C)(C)C1. The van der Waals surface area contributed by atoms with Crippen molar-refractivity contribution >= 4 is 5.91 Å². The number of nitrogens with one attached hydrogen (secondary N) is 1. The van der Waals surface area contributed by atoms with Crippen LogP contribution in [0.3, 0.4) is 0 Å². The number of hydrogen-bond donors (Lipinski definition) is 1. The Morgan fingerprint density at radius 2 is 1.76 bits per heavy atom. The minimum absolute atomic E-state index is 0.0412. The summed E-state index contributed by atoms with van der Waals surface area (Å²) in [7, 11) is 0. The van der Waals surface area contributed by atoms with Gasteiger partial charge >= 0.3 is 0 Å². The molecular formula is C22H36N2O. The Morgan fingerprint density at radius 3 is 2.28 bits per heavy atom. The lowest BCUT2D eigenvalue weighted by Crippen LogP contribution is -2.63. The first-order valence-electron chi connectivity index (χ1n) is 9.72. The molecule has 3 nitrogen and oxygen atoms in total. The Balaban J connectivity index is 2.33. The molecule has 0 spiro atoms. The van der Waals surface area contributed by atoms with Crippen LogP contribution in [0.25, 0.3) is 0 Å². The maximum atomic E-state index is 13.4. The molecular weight excluding hydrogens is 308 g/mol. The number of hydrogen-bond acceptors (Lipinski definition) is 2. The maximum Gasteiger partial charge on any atom is 0.254 e. The molecule has 1 aromatic carbocycles. The van der Waals surface area contributed by atoms with Crippen LogP contribution in [-0.4, -0.2) is 34.5 Å². The van der Waals surface area contributed by atoms with Gasteiger partial charge in [0.25, 0.3) is 5.91 Å². The molecule has 0 saturated carbocycles. The van der Waals surface area contributed by atoms with E-state index in [0.717, 1.165) is 43.4 Å². The average Bonchev–Trinajstić information content (AvgIpc) is 2.44. The fraction of sp³-hybridized carbons (Fsp3) is 0.682. The lowest BCUT2D eigenvalue weighted by Gasteiger charge is -2.49. The van der Waals surface area contributed by atoms with Crippen molar-refractivity contribution in [2.75, 3.05) is 6.54 Å². The van der Waals surface area contributed by atoms with Gasteiger partial charge in [-0.3, -0.25) is 4.79 Å². The molecule has 0 aromatic heterocycles. The summed E-state index contributed by atoms with van der Waals surface area (Å²) in [5.74, 6) is 0.199. The van der Waals surface area contributed by atoms with Crippen LogP contribution in [0.5, 0.6) is 0 Å². The van der Waals surface area contributed by atoms with E-state index in [2.05, 4.69) is 70.8 Å². The van der Waals surface area contributed by atoms with Crippen LogP contribution in [0.2, 0.25) is 0 Å². The number of aryl methyl sites for hydroxylation is 2. The number of unbranched alkanes of at least 4 members (excludes halogenated alkanes) is 1. The van der Waals surface area contributed by atoms with Crippen molar-refractivity contribution in [1.29, 1.82) is 0 Å². The van der Waals surface area contributed by atoms with Crippen LogP contribution in [0.1, 0.15) is 81.8 Å². The standard InChI is InChI=1S/C22H36N2O/c1-8-9-12-24(18-14-21(4,5)23-22(6,7)15-18)20(25)19-11-10-16(2)13-17(19)3/h10-11,13,18,23H,8-9,12,14-15H2,1-7H3. The van der Waals surface area contributed by atoms with E-state index in [4.69, 9.17) is 0 Å². The summed E-state index contributed by atoms with van der Waals surface area (Å²) in [6.07, 6.45) is 4.16. The van der Waals surface area contributed by atoms with Gasteiger partial charge in [-0.1, -0.05) is 31.0 Å². The second-order valence-electron chi connectivity index (χ2n) is 9.13. The first-order valence-corrected chi connectivity index (χ1v) is 9.72. The molecule has 0 radical (unpaired) electrons. The topological polar surface area (TPSA) is 32.3 Å². The summed E-state index contributed by atoms with van der Waals surface area (Å²) in [5, 5.41) is 3.73. The van der Waals surface area contributed by atoms with Crippen molar-refractivity contribution in [1.82, 2.24) is 10.2 Å². The second kappa shape index (κ2) is 7.49. The summed E-state index contributed by atoms with van der Waals surface area (Å²) in [5.41, 5.74) is 3.23. The Hall–Kier alpha value is -1.35. The van der Waals surface area contributed by atoms with E-state index >= 15 is 0 Å². The van der Waals surface area contributed by atoms with Crippen molar-refractivity contribution in [2.45, 2.75) is 91.3 Å². The third kappa shape index (κ3) is 5.07. The molecule has 1 N–H and O–H groups in total. The van der Waals surface area contributed by atoms with Crippen molar-refractivity contribution < 1.29 is 4.79 Å². The van der Waals surface area contributed by atoms with E-state index in [1.807, 2.05) is 6.07 Å². The van der Waals surface area contributed by atoms with Crippen LogP contribution in [0.4, 0.5) is 0 Å². The normalized spacial score (nSPS) is 19.6. The Bertz CT molecular complexity index is 602. The van der Waals surface area contributed by atoms with Gasteiger partial charge in [0.2, 0.25) is 0 Å². The van der Waals surface area contributed by atoms with E-state index in [9.17, 15) is 4.79 Å². The second-order valence-corrected chi connectivity index (χ2v) is 9.13. The number of rotatable bonds is 5. The van der Waals surface area contributed by atoms with E-state index < -0.39 is 0 Å². The smallest absolute Gasteiger partial charge is 0.254 e. The van der Waals surface area contributed by atoms with Gasteiger partial charge < -0.3 is 10.2 Å². The lowest BCUT2D eigenvalue weighted by molar-refractivity contribution is 0.0441. The molecule has 0 bridgehead atoms. The average molecular weight is 345 g/mol. The summed E-state index contributed by atoms with van der Waals surface area (Å²) in [6.45, 7) is 16.2. The van der Waals surface area contributed by atoms with Gasteiger partial charge in [0, 0.05) is 29.2 Å². The highest BCUT2D eigenvalue weighted by atomic mass is 16.2. The molecule has 1 saturated heterocycles. The predicted octanol–water partition coefficient (Wildman–Crippen LogP) is 4.85. The number of carbonyl (C=O) groups excluding carboxylic acids is 1. The first kappa shape index (κ1) is 20.0. The molecule has 0 aliphatic carbocycles. The predicted molar refractivity (Wildman–Crippen MR) is 106 cm³/mol. The summed E-state index contributed by atoms with van der Waals surface area (Å²) < 4.78 is 0. The summed E-state index contributed by atoms with van der Waals surface area (Å²) in [6, 6.07) is 6.45. The molecule has 0 unspecified atom stereocenters. The van der Waals surface area contributed by atoms with Gasteiger partial charge in [-0.05, 0) is 72.4 Å². The van der Waals surface area contributed by atoms with E-state index in [1.54, 1.807) is 0 Å². The lowest BCUT2D eigenvalue weighted by atomic mass is 9.78. The largest absolute Gasteiger partial charge is 0.336 e. The highest BCUT2D eigenvalue weighted by Crippen LogP contribution is 2.32. The van der Waals surface area contributed by atoms with Gasteiger partial charge in [-0.25, -0.2) is 0 Å². The van der Waals surface area contributed by atoms with Gasteiger partial charge in [0.1, 0.15) is 0 Å². The Morgan fingerprint density at radius 1 is 1.16 bits per heavy atom. The number of amides is 1. The molecule has 2 rings (SSSR count). The molecule has 1 aromatic rings. The number of nitrogens with zero attached hydrogens (tertiary/aromatic N) is 1. The maximum absolute atomic E-state index is 13.4. The first-order chi connectivity index (χ1) is 11.5. The zero-order valence-corrected chi connectivity index (χ0v) is 17.2. The molecule has 1 aliphatic heterocycles. The third-order valence-electron chi connectivity index (χ3n) is 5.24. The summed E-state index contributed by atoms with van der Waals surface area (Å²) >= 11 is 0. The molecule has 1 fully saturated rings. The molecule has 0 atom stereocenters. The Labute approximate surface area is 154 Å². The fourth-order valence-electron chi connectivity index (χ4n) is 4.48. The number of piperidine rings is 1. The molecule has 1 aliphatic rings. The molecule has 1 amide bonds. The quantitative estimate of drug-likeness (QED) is 0.827. The van der Waals surface area contributed by atoms with Gasteiger partial charge in [0.05, 0.1) is 0 Å². The molecule has 1 heterocycles. The van der Waals surface area contributed by atoms with Crippen molar-refractivity contribution in [3.8, 4) is 0 Å². The fourth-order valence-corrected chi connectivity index (χ4v) is 4.48. The molecule has 140 valence electrons.